The zero-order chi connectivity index (χ0) is 14.5. The van der Waals surface area contributed by atoms with Crippen molar-refractivity contribution in [3.8, 4) is 0 Å². The summed E-state index contributed by atoms with van der Waals surface area (Å²) in [4.78, 5) is 23.6. The van der Waals surface area contributed by atoms with Crippen molar-refractivity contribution < 1.29 is 19.4 Å². The largest absolute Gasteiger partial charge is 0.480 e. The monoisotopic (exact) mass is 264 g/mol. The Morgan fingerprint density at radius 1 is 1.26 bits per heavy atom. The minimum absolute atomic E-state index is 0.157. The van der Waals surface area contributed by atoms with E-state index < -0.39 is 17.4 Å². The molecule has 0 saturated heterocycles. The van der Waals surface area contributed by atoms with Crippen molar-refractivity contribution in [2.24, 2.45) is 5.41 Å². The first-order valence-electron chi connectivity index (χ1n) is 6.43. The third-order valence-corrected chi connectivity index (χ3v) is 3.43. The number of benzene rings is 1. The predicted molar refractivity (Wildman–Crippen MR) is 71.9 cm³/mol. The highest BCUT2D eigenvalue weighted by Gasteiger charge is 2.46. The van der Waals surface area contributed by atoms with Crippen molar-refractivity contribution in [2.45, 2.75) is 33.6 Å². The SMILES string of the molecule is CCOC(=O)C(CC)(Cc1ccccc1C)C(=O)O. The van der Waals surface area contributed by atoms with Crippen molar-refractivity contribution in [3.05, 3.63) is 35.4 Å². The summed E-state index contributed by atoms with van der Waals surface area (Å²) in [6.45, 7) is 5.46. The molecule has 19 heavy (non-hydrogen) atoms. The molecule has 0 aliphatic carbocycles. The Morgan fingerprint density at radius 3 is 2.37 bits per heavy atom. The fourth-order valence-electron chi connectivity index (χ4n) is 2.06. The molecule has 0 aromatic heterocycles. The van der Waals surface area contributed by atoms with Gasteiger partial charge in [0.1, 0.15) is 0 Å². The second kappa shape index (κ2) is 6.36. The van der Waals surface area contributed by atoms with Gasteiger partial charge in [0, 0.05) is 0 Å². The van der Waals surface area contributed by atoms with Crippen LogP contribution < -0.4 is 0 Å². The van der Waals surface area contributed by atoms with Gasteiger partial charge in [-0.3, -0.25) is 9.59 Å². The molecule has 0 saturated carbocycles. The average Bonchev–Trinajstić information content (AvgIpc) is 2.38. The fraction of sp³-hybridized carbons (Fsp3) is 0.467. The molecule has 0 aliphatic rings. The van der Waals surface area contributed by atoms with Gasteiger partial charge in [-0.05, 0) is 37.8 Å². The Balaban J connectivity index is 3.15. The first-order chi connectivity index (χ1) is 8.97. The lowest BCUT2D eigenvalue weighted by Gasteiger charge is -2.26. The van der Waals surface area contributed by atoms with Gasteiger partial charge in [0.2, 0.25) is 0 Å². The van der Waals surface area contributed by atoms with E-state index in [4.69, 9.17) is 4.74 Å². The Morgan fingerprint density at radius 2 is 1.89 bits per heavy atom. The zero-order valence-electron chi connectivity index (χ0n) is 11.6. The van der Waals surface area contributed by atoms with Gasteiger partial charge in [0.25, 0.3) is 0 Å². The van der Waals surface area contributed by atoms with E-state index in [9.17, 15) is 14.7 Å². The van der Waals surface area contributed by atoms with E-state index in [1.165, 1.54) is 0 Å². The number of ether oxygens (including phenoxy) is 1. The molecule has 0 bridgehead atoms. The quantitative estimate of drug-likeness (QED) is 0.633. The van der Waals surface area contributed by atoms with Crippen LogP contribution in [0.1, 0.15) is 31.4 Å². The Labute approximate surface area is 113 Å². The summed E-state index contributed by atoms with van der Waals surface area (Å²) in [5.74, 6) is -1.79. The van der Waals surface area contributed by atoms with Crippen LogP contribution in [0.4, 0.5) is 0 Å². The molecular formula is C15H20O4. The highest BCUT2D eigenvalue weighted by molar-refractivity contribution is 5.99. The van der Waals surface area contributed by atoms with Crippen LogP contribution in [0.2, 0.25) is 0 Å². The molecule has 1 atom stereocenters. The first kappa shape index (κ1) is 15.2. The molecular weight excluding hydrogens is 244 g/mol. The number of carboxylic acid groups (broad SMARTS) is 1. The number of hydrogen-bond donors (Lipinski definition) is 1. The molecule has 1 aromatic rings. The molecule has 104 valence electrons. The highest BCUT2D eigenvalue weighted by atomic mass is 16.5. The number of aryl methyl sites for hydroxylation is 1. The third-order valence-electron chi connectivity index (χ3n) is 3.43. The molecule has 0 fully saturated rings. The van der Waals surface area contributed by atoms with E-state index in [2.05, 4.69) is 0 Å². The average molecular weight is 264 g/mol. The molecule has 4 nitrogen and oxygen atoms in total. The Bertz CT molecular complexity index is 467. The van der Waals surface area contributed by atoms with E-state index in [1.54, 1.807) is 13.8 Å². The Kier molecular flexibility index (Phi) is 5.10. The summed E-state index contributed by atoms with van der Waals surface area (Å²) in [6.07, 6.45) is 0.361. The lowest BCUT2D eigenvalue weighted by molar-refractivity contribution is -0.168. The number of aliphatic carboxylic acids is 1. The van der Waals surface area contributed by atoms with Crippen LogP contribution in [0.3, 0.4) is 0 Å². The van der Waals surface area contributed by atoms with Crippen LogP contribution in [-0.4, -0.2) is 23.7 Å². The minimum Gasteiger partial charge on any atom is -0.480 e. The summed E-state index contributed by atoms with van der Waals surface area (Å²) < 4.78 is 4.95. The summed E-state index contributed by atoms with van der Waals surface area (Å²) in [5, 5.41) is 9.47. The van der Waals surface area contributed by atoms with E-state index in [-0.39, 0.29) is 19.4 Å². The molecule has 1 N–H and O–H groups in total. The zero-order valence-corrected chi connectivity index (χ0v) is 11.6. The molecule has 0 heterocycles. The molecule has 4 heteroatoms. The van der Waals surface area contributed by atoms with E-state index in [0.29, 0.717) is 0 Å². The van der Waals surface area contributed by atoms with Crippen molar-refractivity contribution in [1.82, 2.24) is 0 Å². The van der Waals surface area contributed by atoms with Gasteiger partial charge >= 0.3 is 11.9 Å². The summed E-state index contributed by atoms with van der Waals surface area (Å²) in [6, 6.07) is 7.48. The van der Waals surface area contributed by atoms with Gasteiger partial charge in [0.15, 0.2) is 5.41 Å². The van der Waals surface area contributed by atoms with Gasteiger partial charge in [-0.15, -0.1) is 0 Å². The van der Waals surface area contributed by atoms with Gasteiger partial charge in [-0.25, -0.2) is 0 Å². The van der Waals surface area contributed by atoms with Gasteiger partial charge in [0.05, 0.1) is 6.61 Å². The summed E-state index contributed by atoms with van der Waals surface area (Å²) >= 11 is 0. The van der Waals surface area contributed by atoms with Gasteiger partial charge in [-0.2, -0.15) is 0 Å². The van der Waals surface area contributed by atoms with Crippen LogP contribution >= 0.6 is 0 Å². The van der Waals surface area contributed by atoms with Crippen molar-refractivity contribution in [3.63, 3.8) is 0 Å². The molecule has 0 amide bonds. The lowest BCUT2D eigenvalue weighted by Crippen LogP contribution is -2.42. The smallest absolute Gasteiger partial charge is 0.323 e. The standard InChI is InChI=1S/C15H20O4/c1-4-15(13(16)17,14(18)19-5-2)10-12-9-7-6-8-11(12)3/h6-9H,4-5,10H2,1-3H3,(H,16,17). The van der Waals surface area contributed by atoms with Crippen LogP contribution in [0.15, 0.2) is 24.3 Å². The van der Waals surface area contributed by atoms with Crippen LogP contribution in [0.25, 0.3) is 0 Å². The number of carbonyl (C=O) groups excluding carboxylic acids is 1. The number of rotatable bonds is 6. The summed E-state index contributed by atoms with van der Waals surface area (Å²) in [5.41, 5.74) is 0.341. The number of carbonyl (C=O) groups is 2. The van der Waals surface area contributed by atoms with Crippen LogP contribution in [-0.2, 0) is 20.7 Å². The highest BCUT2D eigenvalue weighted by Crippen LogP contribution is 2.30. The predicted octanol–water partition coefficient (Wildman–Crippen LogP) is 2.58. The lowest BCUT2D eigenvalue weighted by atomic mass is 9.78. The maximum Gasteiger partial charge on any atom is 0.323 e. The topological polar surface area (TPSA) is 63.6 Å². The van der Waals surface area contributed by atoms with E-state index in [0.717, 1.165) is 11.1 Å². The molecule has 0 aliphatic heterocycles. The second-order valence-corrected chi connectivity index (χ2v) is 4.56. The normalized spacial score (nSPS) is 13.6. The molecule has 1 unspecified atom stereocenters. The Hall–Kier alpha value is -1.84. The van der Waals surface area contributed by atoms with Crippen LogP contribution in [0, 0.1) is 12.3 Å². The number of hydrogen-bond acceptors (Lipinski definition) is 3. The van der Waals surface area contributed by atoms with Gasteiger partial charge < -0.3 is 9.84 Å². The van der Waals surface area contributed by atoms with Crippen LogP contribution in [0.5, 0.6) is 0 Å². The van der Waals surface area contributed by atoms with Crippen molar-refractivity contribution in [1.29, 1.82) is 0 Å². The molecule has 1 rings (SSSR count). The number of carboxylic acids is 1. The van der Waals surface area contributed by atoms with E-state index >= 15 is 0 Å². The van der Waals surface area contributed by atoms with E-state index in [1.807, 2.05) is 31.2 Å². The molecule has 1 aromatic carbocycles. The molecule has 0 spiro atoms. The number of esters is 1. The summed E-state index contributed by atoms with van der Waals surface area (Å²) in [7, 11) is 0. The maximum atomic E-state index is 12.1. The fourth-order valence-corrected chi connectivity index (χ4v) is 2.06. The van der Waals surface area contributed by atoms with Gasteiger partial charge in [-0.1, -0.05) is 31.2 Å². The molecule has 0 radical (unpaired) electrons. The first-order valence-corrected chi connectivity index (χ1v) is 6.43. The minimum atomic E-state index is -1.50. The second-order valence-electron chi connectivity index (χ2n) is 4.56. The van der Waals surface area contributed by atoms with Crippen molar-refractivity contribution >= 4 is 11.9 Å². The maximum absolute atomic E-state index is 12.1. The van der Waals surface area contributed by atoms with Crippen molar-refractivity contribution in [2.75, 3.05) is 6.61 Å². The third kappa shape index (κ3) is 3.13.